The molecular weight excluding hydrogens is 426 g/mol. The van der Waals surface area contributed by atoms with E-state index in [1.807, 2.05) is 0 Å². The van der Waals surface area contributed by atoms with Crippen LogP contribution in [0.1, 0.15) is 68.2 Å². The lowest BCUT2D eigenvalue weighted by Crippen LogP contribution is -2.49. The van der Waals surface area contributed by atoms with E-state index >= 15 is 0 Å². The Morgan fingerprint density at radius 3 is 2.16 bits per heavy atom. The number of carbonyl (C=O) groups excluding carboxylic acids is 1. The van der Waals surface area contributed by atoms with Crippen LogP contribution in [0.2, 0.25) is 0 Å². The molecule has 182 valence electrons. The summed E-state index contributed by atoms with van der Waals surface area (Å²) in [5, 5.41) is 10.9. The zero-order chi connectivity index (χ0) is 24.7. The average Bonchev–Trinajstić information content (AvgIpc) is 2.80. The van der Waals surface area contributed by atoms with Gasteiger partial charge in [0.15, 0.2) is 0 Å². The van der Waals surface area contributed by atoms with Crippen molar-refractivity contribution in [2.45, 2.75) is 97.3 Å². The van der Waals surface area contributed by atoms with Gasteiger partial charge in [0.1, 0.15) is 11.3 Å². The van der Waals surface area contributed by atoms with Gasteiger partial charge in [-0.15, -0.1) is 0 Å². The minimum atomic E-state index is -4.86. The molecule has 32 heavy (non-hydrogen) atoms. The van der Waals surface area contributed by atoms with Crippen molar-refractivity contribution in [1.82, 2.24) is 10.2 Å². The molecule has 2 fully saturated rings. The molecule has 0 aromatic heterocycles. The molecule has 2 N–H and O–H groups in total. The number of amides is 1. The topological polar surface area (TPSA) is 83.9 Å². The van der Waals surface area contributed by atoms with Crippen LogP contribution < -0.4 is 5.32 Å². The Hall–Kier alpha value is -1.75. The molecule has 0 aromatic rings. The summed E-state index contributed by atoms with van der Waals surface area (Å²) in [5.41, 5.74) is -4.10. The van der Waals surface area contributed by atoms with Crippen molar-refractivity contribution in [1.29, 1.82) is 5.41 Å². The molecule has 2 aliphatic rings. The molecule has 2 rings (SSSR count). The zero-order valence-electron chi connectivity index (χ0n) is 20.2. The number of halogens is 3. The van der Waals surface area contributed by atoms with Crippen molar-refractivity contribution in [3.05, 3.63) is 11.2 Å². The number of nitrogens with zero attached hydrogens (tertiary/aromatic N) is 1. The van der Waals surface area contributed by atoms with Gasteiger partial charge >= 0.3 is 19.4 Å². The van der Waals surface area contributed by atoms with Crippen molar-refractivity contribution < 1.29 is 32.0 Å². The minimum absolute atomic E-state index is 0.141. The molecular formula is C21H35BF3N3O4. The van der Waals surface area contributed by atoms with Crippen molar-refractivity contribution in [3.63, 3.8) is 0 Å². The second kappa shape index (κ2) is 8.89. The fourth-order valence-corrected chi connectivity index (χ4v) is 3.57. The van der Waals surface area contributed by atoms with Gasteiger partial charge in [0.25, 0.3) is 0 Å². The highest BCUT2D eigenvalue weighted by atomic mass is 19.4. The molecule has 0 bridgehead atoms. The first-order valence-electron chi connectivity index (χ1n) is 10.8. The summed E-state index contributed by atoms with van der Waals surface area (Å²) in [5.74, 6) is 0. The number of allylic oxidation sites excluding steroid dienone is 2. The number of ether oxygens (including phenoxy) is 1. The first kappa shape index (κ1) is 26.5. The van der Waals surface area contributed by atoms with E-state index < -0.39 is 41.9 Å². The first-order valence-corrected chi connectivity index (χ1v) is 10.8. The number of likely N-dealkylation sites (tertiary alicyclic amines) is 1. The molecule has 0 spiro atoms. The van der Waals surface area contributed by atoms with Crippen LogP contribution in [0.3, 0.4) is 0 Å². The Morgan fingerprint density at radius 2 is 1.69 bits per heavy atom. The molecule has 1 atom stereocenters. The lowest BCUT2D eigenvalue weighted by molar-refractivity contribution is -0.0589. The van der Waals surface area contributed by atoms with Crippen molar-refractivity contribution in [2.75, 3.05) is 13.1 Å². The number of hydrogen-bond acceptors (Lipinski definition) is 6. The minimum Gasteiger partial charge on any atom is -0.444 e. The van der Waals surface area contributed by atoms with Crippen molar-refractivity contribution >= 4 is 18.9 Å². The highest BCUT2D eigenvalue weighted by Gasteiger charge is 2.56. The predicted octanol–water partition coefficient (Wildman–Crippen LogP) is 4.46. The molecule has 1 amide bonds. The van der Waals surface area contributed by atoms with Gasteiger partial charge in [-0.1, -0.05) is 0 Å². The second-order valence-corrected chi connectivity index (χ2v) is 10.4. The van der Waals surface area contributed by atoms with Crippen LogP contribution in [0.25, 0.3) is 0 Å². The predicted molar refractivity (Wildman–Crippen MR) is 117 cm³/mol. The smallest absolute Gasteiger partial charge is 0.444 e. The maximum atomic E-state index is 13.5. The standard InChI is InChI=1S/C21H35BF3N3O4/c1-13(27-14-10-9-11-28(12-14)17(29)30-18(2,3)4)15(16(26)21(23,24)25)22-31-19(5,6)20(7,8)32-22/h14,26-27H,9-12H2,1-8H3/b15-13+,26-16?. The van der Waals surface area contributed by atoms with E-state index in [1.54, 1.807) is 53.4 Å². The Balaban J connectivity index is 2.27. The Labute approximate surface area is 188 Å². The van der Waals surface area contributed by atoms with E-state index in [4.69, 9.17) is 19.5 Å². The third-order valence-electron chi connectivity index (χ3n) is 5.94. The summed E-state index contributed by atoms with van der Waals surface area (Å²) in [7, 11) is -1.34. The molecule has 0 saturated carbocycles. The van der Waals surface area contributed by atoms with Crippen LogP contribution in [0.4, 0.5) is 18.0 Å². The number of nitrogens with one attached hydrogen (secondary N) is 2. The van der Waals surface area contributed by atoms with E-state index in [9.17, 15) is 18.0 Å². The van der Waals surface area contributed by atoms with Crippen LogP contribution in [0, 0.1) is 5.41 Å². The summed E-state index contributed by atoms with van der Waals surface area (Å²) in [4.78, 5) is 14.0. The highest BCUT2D eigenvalue weighted by molar-refractivity contribution is 6.63. The molecule has 0 aromatic carbocycles. The Kier molecular flexibility index (Phi) is 7.36. The van der Waals surface area contributed by atoms with Gasteiger partial charge in [-0.2, -0.15) is 13.2 Å². The average molecular weight is 461 g/mol. The molecule has 0 radical (unpaired) electrons. The van der Waals surface area contributed by atoms with Crippen LogP contribution in [0.5, 0.6) is 0 Å². The van der Waals surface area contributed by atoms with Gasteiger partial charge in [0.2, 0.25) is 0 Å². The van der Waals surface area contributed by atoms with Crippen LogP contribution in [0.15, 0.2) is 11.2 Å². The number of alkyl halides is 3. The SMILES string of the molecule is C/C(NC1CCCN(C(=O)OC(C)(C)C)C1)=C(\B1OC(C)(C)C(C)(C)O1)C(=N)C(F)(F)F. The van der Waals surface area contributed by atoms with E-state index in [0.29, 0.717) is 19.4 Å². The fourth-order valence-electron chi connectivity index (χ4n) is 3.57. The molecule has 2 saturated heterocycles. The zero-order valence-corrected chi connectivity index (χ0v) is 20.2. The van der Waals surface area contributed by atoms with E-state index in [2.05, 4.69) is 5.32 Å². The monoisotopic (exact) mass is 461 g/mol. The summed E-state index contributed by atoms with van der Waals surface area (Å²) < 4.78 is 57.7. The summed E-state index contributed by atoms with van der Waals surface area (Å²) in [6.07, 6.45) is -3.99. The lowest BCUT2D eigenvalue weighted by Gasteiger charge is -2.35. The van der Waals surface area contributed by atoms with Gasteiger partial charge < -0.3 is 24.3 Å². The van der Waals surface area contributed by atoms with E-state index in [1.165, 1.54) is 6.92 Å². The van der Waals surface area contributed by atoms with E-state index in [-0.39, 0.29) is 23.8 Å². The normalized spacial score (nSPS) is 24.2. The molecule has 1 unspecified atom stereocenters. The first-order chi connectivity index (χ1) is 14.3. The van der Waals surface area contributed by atoms with Gasteiger partial charge in [0.05, 0.1) is 11.2 Å². The maximum Gasteiger partial charge on any atom is 0.498 e. The van der Waals surface area contributed by atoms with Crippen molar-refractivity contribution in [3.8, 4) is 0 Å². The largest absolute Gasteiger partial charge is 0.498 e. The molecule has 2 heterocycles. The third kappa shape index (κ3) is 6.18. The molecule has 7 nitrogen and oxygen atoms in total. The van der Waals surface area contributed by atoms with Crippen LogP contribution in [-0.4, -0.2) is 65.9 Å². The molecule has 0 aliphatic carbocycles. The fraction of sp³-hybridized carbons (Fsp3) is 0.810. The third-order valence-corrected chi connectivity index (χ3v) is 5.94. The summed E-state index contributed by atoms with van der Waals surface area (Å²) in [6.45, 7) is 14.6. The van der Waals surface area contributed by atoms with Gasteiger partial charge in [0, 0.05) is 30.3 Å². The van der Waals surface area contributed by atoms with Crippen LogP contribution in [-0.2, 0) is 14.0 Å². The maximum absolute atomic E-state index is 13.5. The van der Waals surface area contributed by atoms with Crippen molar-refractivity contribution in [2.24, 2.45) is 0 Å². The molecule has 2 aliphatic heterocycles. The number of carbonyl (C=O) groups is 1. The van der Waals surface area contributed by atoms with Gasteiger partial charge in [-0.3, -0.25) is 5.41 Å². The Bertz CT molecular complexity index is 759. The summed E-state index contributed by atoms with van der Waals surface area (Å²) in [6, 6.07) is -0.297. The number of piperidine rings is 1. The van der Waals surface area contributed by atoms with Crippen LogP contribution >= 0.6 is 0 Å². The lowest BCUT2D eigenvalue weighted by atomic mass is 9.73. The Morgan fingerprint density at radius 1 is 1.16 bits per heavy atom. The molecule has 11 heteroatoms. The van der Waals surface area contributed by atoms with E-state index in [0.717, 1.165) is 0 Å². The highest BCUT2D eigenvalue weighted by Crippen LogP contribution is 2.40. The summed E-state index contributed by atoms with van der Waals surface area (Å²) >= 11 is 0. The van der Waals surface area contributed by atoms with Gasteiger partial charge in [-0.05, 0) is 68.2 Å². The quantitative estimate of drug-likeness (QED) is 0.477. The second-order valence-electron chi connectivity index (χ2n) is 10.4. The number of hydrogen-bond donors (Lipinski definition) is 2. The van der Waals surface area contributed by atoms with Gasteiger partial charge in [-0.25, -0.2) is 4.79 Å². The number of rotatable bonds is 4.